The maximum atomic E-state index is 12.8. The number of ether oxygens (including phenoxy) is 3. The fraction of sp³-hybridized carbons (Fsp3) is 0.227. The van der Waals surface area contributed by atoms with Crippen molar-refractivity contribution >= 4 is 21.7 Å². The van der Waals surface area contributed by atoms with Gasteiger partial charge in [-0.2, -0.15) is 8.42 Å². The molecular formula is C22H23NO7S. The molecule has 1 N–H and O–H groups in total. The minimum Gasteiger partial charge on any atom is -0.497 e. The lowest BCUT2D eigenvalue weighted by atomic mass is 10.2. The summed E-state index contributed by atoms with van der Waals surface area (Å²) in [5.41, 5.74) is 2.20. The third kappa shape index (κ3) is 5.00. The van der Waals surface area contributed by atoms with E-state index < -0.39 is 16.0 Å². The first-order valence-corrected chi connectivity index (χ1v) is 10.8. The Bertz CT molecular complexity index is 1200. The second-order valence-corrected chi connectivity index (χ2v) is 8.36. The molecule has 0 aliphatic carbocycles. The third-order valence-electron chi connectivity index (χ3n) is 4.59. The molecule has 2 aromatic carbocycles. The number of rotatable bonds is 8. The van der Waals surface area contributed by atoms with Gasteiger partial charge in [-0.1, -0.05) is 18.2 Å². The second kappa shape index (κ2) is 9.13. The smallest absolute Gasteiger partial charge is 0.374 e. The van der Waals surface area contributed by atoms with Crippen molar-refractivity contribution in [2.75, 3.05) is 18.9 Å². The van der Waals surface area contributed by atoms with E-state index in [0.717, 1.165) is 11.3 Å². The Hall–Kier alpha value is -3.46. The highest BCUT2D eigenvalue weighted by Crippen LogP contribution is 2.29. The molecule has 164 valence electrons. The third-order valence-corrected chi connectivity index (χ3v) is 5.81. The summed E-state index contributed by atoms with van der Waals surface area (Å²) in [5.74, 6) is 0.339. The van der Waals surface area contributed by atoms with E-state index in [1.165, 1.54) is 13.2 Å². The van der Waals surface area contributed by atoms with Crippen LogP contribution >= 0.6 is 0 Å². The fourth-order valence-electron chi connectivity index (χ4n) is 2.88. The van der Waals surface area contributed by atoms with Crippen molar-refractivity contribution in [3.63, 3.8) is 0 Å². The average molecular weight is 445 g/mol. The van der Waals surface area contributed by atoms with Crippen molar-refractivity contribution < 1.29 is 31.8 Å². The first-order chi connectivity index (χ1) is 14.7. The quantitative estimate of drug-likeness (QED) is 0.521. The van der Waals surface area contributed by atoms with Crippen molar-refractivity contribution in [3.05, 3.63) is 71.0 Å². The molecule has 9 heteroatoms. The molecule has 0 saturated heterocycles. The van der Waals surface area contributed by atoms with E-state index in [-0.39, 0.29) is 17.5 Å². The zero-order valence-electron chi connectivity index (χ0n) is 17.6. The van der Waals surface area contributed by atoms with Gasteiger partial charge < -0.3 is 18.6 Å². The summed E-state index contributed by atoms with van der Waals surface area (Å²) >= 11 is 0. The van der Waals surface area contributed by atoms with E-state index in [1.807, 2.05) is 24.3 Å². The fourth-order valence-corrected chi connectivity index (χ4v) is 4.02. The molecule has 0 saturated carbocycles. The van der Waals surface area contributed by atoms with Gasteiger partial charge in [0.25, 0.3) is 10.0 Å². The summed E-state index contributed by atoms with van der Waals surface area (Å²) < 4.78 is 49.0. The molecule has 3 rings (SSSR count). The van der Waals surface area contributed by atoms with Gasteiger partial charge in [-0.05, 0) is 43.7 Å². The van der Waals surface area contributed by atoms with Gasteiger partial charge in [0.2, 0.25) is 10.9 Å². The Morgan fingerprint density at radius 2 is 1.81 bits per heavy atom. The van der Waals surface area contributed by atoms with Crippen molar-refractivity contribution in [2.24, 2.45) is 0 Å². The minimum atomic E-state index is -4.07. The normalized spacial score (nSPS) is 11.1. The summed E-state index contributed by atoms with van der Waals surface area (Å²) in [7, 11) is -1.29. The molecule has 8 nitrogen and oxygen atoms in total. The number of hydrogen-bond acceptors (Lipinski definition) is 7. The van der Waals surface area contributed by atoms with Crippen LogP contribution in [0.25, 0.3) is 0 Å². The average Bonchev–Trinajstić information content (AvgIpc) is 3.16. The zero-order chi connectivity index (χ0) is 22.6. The van der Waals surface area contributed by atoms with E-state index in [2.05, 4.69) is 9.46 Å². The molecule has 0 spiro atoms. The Morgan fingerprint density at radius 1 is 1.06 bits per heavy atom. The van der Waals surface area contributed by atoms with Crippen molar-refractivity contribution in [1.82, 2.24) is 0 Å². The largest absolute Gasteiger partial charge is 0.497 e. The number of sulfonamides is 1. The summed E-state index contributed by atoms with van der Waals surface area (Å²) in [6.45, 7) is 3.59. The molecule has 31 heavy (non-hydrogen) atoms. The number of anilines is 1. The van der Waals surface area contributed by atoms with Crippen molar-refractivity contribution in [2.45, 2.75) is 25.5 Å². The summed E-state index contributed by atoms with van der Waals surface area (Å²) in [5, 5.41) is -0.382. The van der Waals surface area contributed by atoms with E-state index in [1.54, 1.807) is 39.2 Å². The number of furan rings is 1. The van der Waals surface area contributed by atoms with Crippen LogP contribution in [0.3, 0.4) is 0 Å². The molecule has 0 radical (unpaired) electrons. The van der Waals surface area contributed by atoms with E-state index in [4.69, 9.17) is 13.9 Å². The number of aryl methyl sites for hydroxylation is 1. The Kier molecular flexibility index (Phi) is 6.55. The van der Waals surface area contributed by atoms with E-state index in [0.29, 0.717) is 22.6 Å². The van der Waals surface area contributed by atoms with Gasteiger partial charge in [0, 0.05) is 17.2 Å². The molecule has 0 atom stereocenters. The topological polar surface area (TPSA) is 104 Å². The lowest BCUT2D eigenvalue weighted by Crippen LogP contribution is -2.13. The van der Waals surface area contributed by atoms with Crippen LogP contribution in [0.2, 0.25) is 0 Å². The van der Waals surface area contributed by atoms with Crippen LogP contribution in [0, 0.1) is 13.8 Å². The molecule has 0 amide bonds. The highest BCUT2D eigenvalue weighted by Gasteiger charge is 2.25. The molecule has 1 aromatic heterocycles. The summed E-state index contributed by atoms with van der Waals surface area (Å²) in [6, 6.07) is 13.8. The van der Waals surface area contributed by atoms with Crippen molar-refractivity contribution in [1.29, 1.82) is 0 Å². The number of benzene rings is 2. The van der Waals surface area contributed by atoms with E-state index in [9.17, 15) is 13.2 Å². The first kappa shape index (κ1) is 22.2. The number of carbonyl (C=O) groups excluding carboxylic acids is 1. The molecule has 0 aliphatic heterocycles. The van der Waals surface area contributed by atoms with Gasteiger partial charge in [0.1, 0.15) is 18.1 Å². The summed E-state index contributed by atoms with van der Waals surface area (Å²) in [6.07, 6.45) is 0. The van der Waals surface area contributed by atoms with Crippen molar-refractivity contribution in [3.8, 4) is 11.5 Å². The predicted octanol–water partition coefficient (Wildman–Crippen LogP) is 4.07. The molecular weight excluding hydrogens is 422 g/mol. The highest BCUT2D eigenvalue weighted by atomic mass is 32.2. The lowest BCUT2D eigenvalue weighted by molar-refractivity contribution is 0.0558. The maximum absolute atomic E-state index is 12.8. The first-order valence-electron chi connectivity index (χ1n) is 9.32. The number of esters is 1. The number of carbonyl (C=O) groups is 1. The predicted molar refractivity (Wildman–Crippen MR) is 114 cm³/mol. The van der Waals surface area contributed by atoms with Crippen LogP contribution < -0.4 is 14.2 Å². The maximum Gasteiger partial charge on any atom is 0.374 e. The Balaban J connectivity index is 1.80. The number of nitrogens with one attached hydrogen (secondary N) is 1. The van der Waals surface area contributed by atoms with Gasteiger partial charge in [0.15, 0.2) is 0 Å². The molecule has 0 aliphatic rings. The van der Waals surface area contributed by atoms with E-state index >= 15 is 0 Å². The molecule has 0 unspecified atom stereocenters. The molecule has 0 bridgehead atoms. The van der Waals surface area contributed by atoms with Crippen LogP contribution in [0.5, 0.6) is 11.5 Å². The van der Waals surface area contributed by atoms with Crippen LogP contribution in [-0.4, -0.2) is 28.6 Å². The second-order valence-electron chi connectivity index (χ2n) is 6.74. The standard InChI is InChI=1S/C22H23NO7S/c1-14-11-20(30-21(14)22(24)28-4)31(25,26)23-18-9-6-10-19(15(18)2)29-13-16-7-5-8-17(12-16)27-3/h5-12,23H,13H2,1-4H3. The molecule has 0 fully saturated rings. The minimum absolute atomic E-state index is 0.157. The van der Waals surface area contributed by atoms with Crippen LogP contribution in [0.4, 0.5) is 5.69 Å². The SMILES string of the molecule is COC(=O)c1oc(S(=O)(=O)Nc2cccc(OCc3cccc(OC)c3)c2C)cc1C. The Morgan fingerprint density at radius 3 is 2.52 bits per heavy atom. The Labute approximate surface area is 180 Å². The lowest BCUT2D eigenvalue weighted by Gasteiger charge is -2.14. The van der Waals surface area contributed by atoms with Gasteiger partial charge in [-0.3, -0.25) is 4.72 Å². The van der Waals surface area contributed by atoms with Gasteiger partial charge in [-0.15, -0.1) is 0 Å². The van der Waals surface area contributed by atoms with Gasteiger partial charge >= 0.3 is 5.97 Å². The number of methoxy groups -OCH3 is 2. The van der Waals surface area contributed by atoms with Crippen LogP contribution in [0.1, 0.15) is 27.2 Å². The zero-order valence-corrected chi connectivity index (χ0v) is 18.4. The van der Waals surface area contributed by atoms with Gasteiger partial charge in [-0.25, -0.2) is 4.79 Å². The highest BCUT2D eigenvalue weighted by molar-refractivity contribution is 7.92. The van der Waals surface area contributed by atoms with Crippen LogP contribution in [0.15, 0.2) is 58.0 Å². The summed E-state index contributed by atoms with van der Waals surface area (Å²) in [4.78, 5) is 11.7. The van der Waals surface area contributed by atoms with Crippen LogP contribution in [-0.2, 0) is 21.4 Å². The monoisotopic (exact) mass is 445 g/mol. The van der Waals surface area contributed by atoms with Gasteiger partial charge in [0.05, 0.1) is 19.9 Å². The number of hydrogen-bond donors (Lipinski definition) is 1. The molecule has 3 aromatic rings. The molecule has 1 heterocycles.